The van der Waals surface area contributed by atoms with Gasteiger partial charge in [0.25, 0.3) is 0 Å². The fraction of sp³-hybridized carbons (Fsp3) is 0.457. The molecule has 3 heterocycles. The Morgan fingerprint density at radius 3 is 2.40 bits per heavy atom. The van der Waals surface area contributed by atoms with E-state index in [4.69, 9.17) is 25.3 Å². The molecule has 2 aliphatic rings. The summed E-state index contributed by atoms with van der Waals surface area (Å²) in [6.07, 6.45) is -8.83. The van der Waals surface area contributed by atoms with Crippen LogP contribution in [0, 0.1) is 11.3 Å². The highest BCUT2D eigenvalue weighted by Crippen LogP contribution is 2.47. The lowest BCUT2D eigenvalue weighted by Crippen LogP contribution is -2.61. The summed E-state index contributed by atoms with van der Waals surface area (Å²) in [6.45, 7) is 3.08. The van der Waals surface area contributed by atoms with Gasteiger partial charge in [0, 0.05) is 31.8 Å². The molecule has 0 aliphatic carbocycles. The number of aromatic nitrogens is 2. The van der Waals surface area contributed by atoms with Gasteiger partial charge in [-0.3, -0.25) is 9.69 Å². The van der Waals surface area contributed by atoms with E-state index < -0.39 is 47.1 Å². The molecule has 17 heteroatoms. The Hall–Kier alpha value is -4.95. The predicted molar refractivity (Wildman–Crippen MR) is 174 cm³/mol. The molecule has 278 valence electrons. The predicted octanol–water partition coefficient (Wildman–Crippen LogP) is 6.61. The van der Waals surface area contributed by atoms with Crippen LogP contribution < -0.4 is 15.5 Å². The van der Waals surface area contributed by atoms with E-state index in [-0.39, 0.29) is 79.0 Å². The van der Waals surface area contributed by atoms with Gasteiger partial charge in [-0.2, -0.15) is 31.6 Å². The molecule has 0 radical (unpaired) electrons. The van der Waals surface area contributed by atoms with Crippen LogP contribution in [0.5, 0.6) is 0 Å². The number of nitriles is 1. The monoisotopic (exact) mass is 734 g/mol. The minimum absolute atomic E-state index is 0.0306. The molecule has 2 atom stereocenters. The quantitative estimate of drug-likeness (QED) is 0.172. The zero-order valence-electron chi connectivity index (χ0n) is 28.1. The molecule has 3 N–H and O–H groups in total. The number of hydrogen-bond donors (Lipinski definition) is 2. The first-order chi connectivity index (χ1) is 24.5. The number of carbonyl (C=O) groups excluding carboxylic acids is 1. The summed E-state index contributed by atoms with van der Waals surface area (Å²) in [5.74, 6) is -1.99. The lowest BCUT2D eigenvalue weighted by atomic mass is 9.80. The molecule has 0 unspecified atom stereocenters. The minimum Gasteiger partial charge on any atom is -0.481 e. The van der Waals surface area contributed by atoms with Crippen molar-refractivity contribution in [2.75, 3.05) is 42.7 Å². The molecular weight excluding hydrogens is 698 g/mol. The Labute approximate surface area is 294 Å². The number of benzene rings is 2. The molecule has 0 bridgehead atoms. The topological polar surface area (TPSA) is 155 Å². The van der Waals surface area contributed by atoms with Gasteiger partial charge in [0.05, 0.1) is 65.8 Å². The number of alkyl halides is 6. The van der Waals surface area contributed by atoms with Crippen LogP contribution in [0.4, 0.5) is 42.5 Å². The fourth-order valence-electron chi connectivity index (χ4n) is 6.43. The lowest BCUT2D eigenvalue weighted by Gasteiger charge is -2.46. The number of nitrogens with two attached hydrogens (primary N) is 1. The number of carboxylic acid groups (broad SMARTS) is 1. The highest BCUT2D eigenvalue weighted by molar-refractivity contribution is 5.91. The Balaban J connectivity index is 1.61. The summed E-state index contributed by atoms with van der Waals surface area (Å²) in [5.41, 5.74) is 4.05. The number of fused-ring (bicyclic) bond motifs is 1. The van der Waals surface area contributed by atoms with Gasteiger partial charge in [0.1, 0.15) is 11.5 Å². The zero-order valence-corrected chi connectivity index (χ0v) is 28.1. The molecule has 52 heavy (non-hydrogen) atoms. The highest BCUT2D eigenvalue weighted by Gasteiger charge is 2.47. The number of carbonyl (C=O) groups is 2. The van der Waals surface area contributed by atoms with Crippen LogP contribution in [0.2, 0.25) is 0 Å². The Morgan fingerprint density at radius 2 is 1.77 bits per heavy atom. The third kappa shape index (κ3) is 8.56. The number of anilines is 2. The summed E-state index contributed by atoms with van der Waals surface area (Å²) in [6, 6.07) is 7.58. The van der Waals surface area contributed by atoms with E-state index in [1.54, 1.807) is 13.0 Å². The van der Waals surface area contributed by atoms with E-state index >= 15 is 0 Å². The third-order valence-corrected chi connectivity index (χ3v) is 9.13. The molecule has 3 aromatic rings. The number of nitrogens with zero attached hydrogens (tertiary/aromatic N) is 5. The van der Waals surface area contributed by atoms with Gasteiger partial charge in [0.15, 0.2) is 0 Å². The molecule has 11 nitrogen and oxygen atoms in total. The smallest absolute Gasteiger partial charge is 0.416 e. The lowest BCUT2D eigenvalue weighted by molar-refractivity contribution is -0.138. The first kappa shape index (κ1) is 38.3. The summed E-state index contributed by atoms with van der Waals surface area (Å²) < 4.78 is 94.4. The van der Waals surface area contributed by atoms with E-state index in [0.717, 1.165) is 35.2 Å². The molecule has 2 aliphatic heterocycles. The second kappa shape index (κ2) is 15.3. The molecule has 1 fully saturated rings. The normalized spacial score (nSPS) is 19.2. The van der Waals surface area contributed by atoms with E-state index in [1.807, 2.05) is 4.90 Å². The number of halogens is 6. The Bertz CT molecular complexity index is 1840. The molecule has 2 aromatic carbocycles. The van der Waals surface area contributed by atoms with Crippen LogP contribution in [-0.2, 0) is 33.0 Å². The maximum atomic E-state index is 14.1. The van der Waals surface area contributed by atoms with Crippen LogP contribution in [0.3, 0.4) is 0 Å². The van der Waals surface area contributed by atoms with Crippen molar-refractivity contribution in [2.45, 2.75) is 69.4 Å². The average molecular weight is 735 g/mol. The zero-order chi connectivity index (χ0) is 37.8. The number of rotatable bonds is 10. The standard InChI is InChI=1S/C35H36F6N6O5/c1-2-33(43)18-26(25-17-23(34(36,37)38)6-7-28(25)47(33)32(50)52-10-4-3-5-30(48)49)31-44-20-29(46-8-11-51-12-9-46)27(45-31)16-21-13-22(19-42)15-24(14-21)35(39,40)41/h6-7,13-15,17,20,26H,2-5,8-12,16,18,43H2,1H3,(H,48,49)/t26-,33+/m0/s1. The van der Waals surface area contributed by atoms with Gasteiger partial charge in [-0.15, -0.1) is 0 Å². The van der Waals surface area contributed by atoms with Gasteiger partial charge < -0.3 is 25.2 Å². The van der Waals surface area contributed by atoms with Gasteiger partial charge in [-0.25, -0.2) is 14.8 Å². The van der Waals surface area contributed by atoms with E-state index in [0.29, 0.717) is 32.0 Å². The number of morpholine rings is 1. The van der Waals surface area contributed by atoms with Crippen LogP contribution in [0.25, 0.3) is 0 Å². The molecule has 1 saturated heterocycles. The molecule has 0 saturated carbocycles. The molecular formula is C35H36F6N6O5. The average Bonchev–Trinajstić information content (AvgIpc) is 3.10. The third-order valence-electron chi connectivity index (χ3n) is 9.13. The van der Waals surface area contributed by atoms with Crippen molar-refractivity contribution in [3.8, 4) is 6.07 Å². The minimum atomic E-state index is -4.76. The number of ether oxygens (including phenoxy) is 2. The molecule has 1 aromatic heterocycles. The van der Waals surface area contributed by atoms with E-state index in [9.17, 15) is 41.2 Å². The second-order valence-electron chi connectivity index (χ2n) is 12.7. The van der Waals surface area contributed by atoms with Crippen molar-refractivity contribution in [1.82, 2.24) is 9.97 Å². The van der Waals surface area contributed by atoms with E-state index in [1.165, 1.54) is 12.3 Å². The second-order valence-corrected chi connectivity index (χ2v) is 12.7. The summed E-state index contributed by atoms with van der Waals surface area (Å²) >= 11 is 0. The first-order valence-electron chi connectivity index (χ1n) is 16.5. The highest BCUT2D eigenvalue weighted by atomic mass is 19.4. The number of carboxylic acids is 1. The van der Waals surface area contributed by atoms with Gasteiger partial charge >= 0.3 is 24.4 Å². The van der Waals surface area contributed by atoms with Crippen molar-refractivity contribution in [3.63, 3.8) is 0 Å². The van der Waals surface area contributed by atoms with E-state index in [2.05, 4.69) is 4.98 Å². The van der Waals surface area contributed by atoms with Crippen LogP contribution in [0.1, 0.15) is 84.3 Å². The van der Waals surface area contributed by atoms with Crippen molar-refractivity contribution >= 4 is 23.4 Å². The summed E-state index contributed by atoms with van der Waals surface area (Å²) in [5, 5.41) is 18.4. The van der Waals surface area contributed by atoms with Crippen molar-refractivity contribution in [1.29, 1.82) is 5.26 Å². The number of hydrogen-bond acceptors (Lipinski definition) is 9. The van der Waals surface area contributed by atoms with Crippen molar-refractivity contribution in [2.24, 2.45) is 5.73 Å². The van der Waals surface area contributed by atoms with Crippen molar-refractivity contribution in [3.05, 3.63) is 81.9 Å². The molecule has 0 spiro atoms. The van der Waals surface area contributed by atoms with Crippen LogP contribution >= 0.6 is 0 Å². The number of unbranched alkanes of at least 4 members (excludes halogenated alkanes) is 1. The number of aliphatic carboxylic acids is 1. The largest absolute Gasteiger partial charge is 0.481 e. The summed E-state index contributed by atoms with van der Waals surface area (Å²) in [4.78, 5) is 36.7. The summed E-state index contributed by atoms with van der Waals surface area (Å²) in [7, 11) is 0. The van der Waals surface area contributed by atoms with Crippen molar-refractivity contribution < 1.29 is 50.5 Å². The molecule has 1 amide bonds. The molecule has 5 rings (SSSR count). The van der Waals surface area contributed by atoms with Crippen LogP contribution in [0.15, 0.2) is 42.6 Å². The SMILES string of the molecule is CC[C@]1(N)C[C@H](c2ncc(N3CCOCC3)c(Cc3cc(C#N)cc(C(F)(F)F)c3)n2)c2cc(C(F)(F)F)ccc2N1C(=O)OCCCCC(=O)O. The first-order valence-corrected chi connectivity index (χ1v) is 16.5. The Kier molecular flexibility index (Phi) is 11.3. The van der Waals surface area contributed by atoms with Gasteiger partial charge in [-0.05, 0) is 73.2 Å². The van der Waals surface area contributed by atoms with Crippen LogP contribution in [-0.4, -0.2) is 65.7 Å². The van der Waals surface area contributed by atoms with Gasteiger partial charge in [0.2, 0.25) is 0 Å². The maximum Gasteiger partial charge on any atom is 0.416 e. The Morgan fingerprint density at radius 1 is 1.06 bits per heavy atom. The maximum absolute atomic E-state index is 14.1. The van der Waals surface area contributed by atoms with Gasteiger partial charge in [-0.1, -0.05) is 6.92 Å². The number of amides is 1. The fourth-order valence-corrected chi connectivity index (χ4v) is 6.43.